The minimum atomic E-state index is -0.242. The first-order chi connectivity index (χ1) is 10.2. The first kappa shape index (κ1) is 13.9. The van der Waals surface area contributed by atoms with E-state index >= 15 is 0 Å². The maximum atomic E-state index is 13.0. The van der Waals surface area contributed by atoms with Gasteiger partial charge in [-0.3, -0.25) is 0 Å². The summed E-state index contributed by atoms with van der Waals surface area (Å²) in [7, 11) is 1.63. The molecule has 3 rings (SSSR count). The molecule has 0 atom stereocenters. The SMILES string of the molecule is COc1ccc2nc(CCl)n(Cc3ccc(F)cc3)c2c1. The minimum absolute atomic E-state index is 0.242. The van der Waals surface area contributed by atoms with E-state index in [1.54, 1.807) is 19.2 Å². The summed E-state index contributed by atoms with van der Waals surface area (Å²) in [5.41, 5.74) is 2.81. The molecule has 1 heterocycles. The van der Waals surface area contributed by atoms with Gasteiger partial charge in [-0.05, 0) is 29.8 Å². The molecule has 108 valence electrons. The fourth-order valence-corrected chi connectivity index (χ4v) is 2.53. The van der Waals surface area contributed by atoms with E-state index in [2.05, 4.69) is 4.98 Å². The summed E-state index contributed by atoms with van der Waals surface area (Å²) in [5.74, 6) is 1.62. The average molecular weight is 305 g/mol. The van der Waals surface area contributed by atoms with E-state index in [1.807, 2.05) is 22.8 Å². The Bertz CT molecular complexity index is 768. The van der Waals surface area contributed by atoms with Gasteiger partial charge in [0, 0.05) is 12.6 Å². The molecule has 0 aliphatic heterocycles. The monoisotopic (exact) mass is 304 g/mol. The van der Waals surface area contributed by atoms with E-state index < -0.39 is 0 Å². The number of ether oxygens (including phenoxy) is 1. The lowest BCUT2D eigenvalue weighted by atomic mass is 10.2. The summed E-state index contributed by atoms with van der Waals surface area (Å²) in [6.45, 7) is 0.589. The Morgan fingerprint density at radius 2 is 1.95 bits per heavy atom. The number of aromatic nitrogens is 2. The lowest BCUT2D eigenvalue weighted by Crippen LogP contribution is -2.04. The smallest absolute Gasteiger partial charge is 0.125 e. The molecule has 0 radical (unpaired) electrons. The quantitative estimate of drug-likeness (QED) is 0.682. The molecular weight excluding hydrogens is 291 g/mol. The maximum absolute atomic E-state index is 13.0. The lowest BCUT2D eigenvalue weighted by Gasteiger charge is -2.08. The predicted octanol–water partition coefficient (Wildman–Crippen LogP) is 3.97. The molecule has 5 heteroatoms. The van der Waals surface area contributed by atoms with Crippen molar-refractivity contribution in [1.29, 1.82) is 0 Å². The van der Waals surface area contributed by atoms with Crippen molar-refractivity contribution < 1.29 is 9.13 Å². The Morgan fingerprint density at radius 3 is 2.62 bits per heavy atom. The highest BCUT2D eigenvalue weighted by molar-refractivity contribution is 6.16. The summed E-state index contributed by atoms with van der Waals surface area (Å²) in [6.07, 6.45) is 0. The minimum Gasteiger partial charge on any atom is -0.497 e. The van der Waals surface area contributed by atoms with E-state index in [-0.39, 0.29) is 5.82 Å². The first-order valence-electron chi connectivity index (χ1n) is 6.55. The molecule has 0 saturated heterocycles. The normalized spacial score (nSPS) is 11.0. The summed E-state index contributed by atoms with van der Waals surface area (Å²) < 4.78 is 20.3. The van der Waals surface area contributed by atoms with Crippen molar-refractivity contribution in [2.75, 3.05) is 7.11 Å². The highest BCUT2D eigenvalue weighted by Crippen LogP contribution is 2.24. The van der Waals surface area contributed by atoms with Gasteiger partial charge in [-0.1, -0.05) is 12.1 Å². The van der Waals surface area contributed by atoms with Crippen molar-refractivity contribution in [1.82, 2.24) is 9.55 Å². The van der Waals surface area contributed by atoms with Crippen molar-refractivity contribution in [3.05, 3.63) is 59.7 Å². The van der Waals surface area contributed by atoms with Crippen LogP contribution in [0.15, 0.2) is 42.5 Å². The molecule has 3 nitrogen and oxygen atoms in total. The largest absolute Gasteiger partial charge is 0.497 e. The number of nitrogens with zero attached hydrogens (tertiary/aromatic N) is 2. The number of benzene rings is 2. The zero-order chi connectivity index (χ0) is 14.8. The second kappa shape index (κ2) is 5.74. The fraction of sp³-hybridized carbons (Fsp3) is 0.188. The van der Waals surface area contributed by atoms with Gasteiger partial charge in [-0.15, -0.1) is 11.6 Å². The van der Waals surface area contributed by atoms with Crippen molar-refractivity contribution in [3.8, 4) is 5.75 Å². The van der Waals surface area contributed by atoms with Crippen LogP contribution in [0.25, 0.3) is 11.0 Å². The number of alkyl halides is 1. The van der Waals surface area contributed by atoms with Crippen LogP contribution in [0.3, 0.4) is 0 Å². The van der Waals surface area contributed by atoms with Gasteiger partial charge in [-0.2, -0.15) is 0 Å². The second-order valence-corrected chi connectivity index (χ2v) is 5.00. The number of halogens is 2. The summed E-state index contributed by atoms with van der Waals surface area (Å²) in [5, 5.41) is 0. The topological polar surface area (TPSA) is 27.1 Å². The Balaban J connectivity index is 2.08. The number of imidazole rings is 1. The highest BCUT2D eigenvalue weighted by Gasteiger charge is 2.11. The van der Waals surface area contributed by atoms with E-state index in [4.69, 9.17) is 16.3 Å². The molecule has 21 heavy (non-hydrogen) atoms. The van der Waals surface area contributed by atoms with E-state index in [1.165, 1.54) is 12.1 Å². The number of rotatable bonds is 4. The van der Waals surface area contributed by atoms with E-state index in [9.17, 15) is 4.39 Å². The Labute approximate surface area is 126 Å². The molecular formula is C16H14ClFN2O. The van der Waals surface area contributed by atoms with Gasteiger partial charge < -0.3 is 9.30 Å². The molecule has 0 unspecified atom stereocenters. The van der Waals surface area contributed by atoms with Crippen molar-refractivity contribution in [2.45, 2.75) is 12.4 Å². The number of hydrogen-bond acceptors (Lipinski definition) is 2. The Hall–Kier alpha value is -2.07. The second-order valence-electron chi connectivity index (χ2n) is 4.73. The van der Waals surface area contributed by atoms with Crippen LogP contribution >= 0.6 is 11.6 Å². The van der Waals surface area contributed by atoms with Crippen molar-refractivity contribution in [3.63, 3.8) is 0 Å². The van der Waals surface area contributed by atoms with Crippen LogP contribution in [-0.2, 0) is 12.4 Å². The van der Waals surface area contributed by atoms with Crippen molar-refractivity contribution >= 4 is 22.6 Å². The molecule has 3 aromatic rings. The number of methoxy groups -OCH3 is 1. The highest BCUT2D eigenvalue weighted by atomic mass is 35.5. The molecule has 0 bridgehead atoms. The summed E-state index contributed by atoms with van der Waals surface area (Å²) in [6, 6.07) is 12.1. The van der Waals surface area contributed by atoms with Gasteiger partial charge in [-0.25, -0.2) is 9.37 Å². The first-order valence-corrected chi connectivity index (χ1v) is 7.08. The molecule has 0 aliphatic carbocycles. The molecule has 0 saturated carbocycles. The van der Waals surface area contributed by atoms with Gasteiger partial charge >= 0.3 is 0 Å². The Morgan fingerprint density at radius 1 is 1.19 bits per heavy atom. The third-order valence-electron chi connectivity index (χ3n) is 3.41. The third-order valence-corrected chi connectivity index (χ3v) is 3.65. The van der Waals surface area contributed by atoms with Gasteiger partial charge in [0.25, 0.3) is 0 Å². The van der Waals surface area contributed by atoms with Crippen LogP contribution in [0, 0.1) is 5.82 Å². The zero-order valence-electron chi connectivity index (χ0n) is 11.5. The zero-order valence-corrected chi connectivity index (χ0v) is 12.3. The van der Waals surface area contributed by atoms with Gasteiger partial charge in [0.1, 0.15) is 17.4 Å². The van der Waals surface area contributed by atoms with Gasteiger partial charge in [0.15, 0.2) is 0 Å². The predicted molar refractivity (Wildman–Crippen MR) is 81.3 cm³/mol. The third kappa shape index (κ3) is 2.72. The number of fused-ring (bicyclic) bond motifs is 1. The summed E-state index contributed by atoms with van der Waals surface area (Å²) in [4.78, 5) is 4.52. The standard InChI is InChI=1S/C16H14ClFN2O/c1-21-13-6-7-14-15(8-13)20(16(9-17)19-14)10-11-2-4-12(18)5-3-11/h2-8H,9-10H2,1H3. The van der Waals surface area contributed by atoms with Crippen molar-refractivity contribution in [2.24, 2.45) is 0 Å². The fourth-order valence-electron chi connectivity index (χ4n) is 2.33. The van der Waals surface area contributed by atoms with Crippen LogP contribution in [0.1, 0.15) is 11.4 Å². The molecule has 0 spiro atoms. The van der Waals surface area contributed by atoms with Crippen LogP contribution in [-0.4, -0.2) is 16.7 Å². The van der Waals surface area contributed by atoms with Crippen LogP contribution in [0.2, 0.25) is 0 Å². The molecule has 2 aromatic carbocycles. The Kier molecular flexibility index (Phi) is 3.80. The van der Waals surface area contributed by atoms with Crippen LogP contribution in [0.5, 0.6) is 5.75 Å². The average Bonchev–Trinajstić information content (AvgIpc) is 2.86. The van der Waals surface area contributed by atoms with Crippen LogP contribution < -0.4 is 4.74 Å². The maximum Gasteiger partial charge on any atom is 0.125 e. The molecule has 1 aromatic heterocycles. The van der Waals surface area contributed by atoms with E-state index in [0.29, 0.717) is 12.4 Å². The van der Waals surface area contributed by atoms with E-state index in [0.717, 1.165) is 28.2 Å². The lowest BCUT2D eigenvalue weighted by molar-refractivity contribution is 0.415. The molecule has 0 aliphatic rings. The van der Waals surface area contributed by atoms with Gasteiger partial charge in [0.05, 0.1) is 24.0 Å². The molecule has 0 amide bonds. The van der Waals surface area contributed by atoms with Crippen LogP contribution in [0.4, 0.5) is 4.39 Å². The molecule has 0 N–H and O–H groups in total. The molecule has 0 fully saturated rings. The van der Waals surface area contributed by atoms with Gasteiger partial charge in [0.2, 0.25) is 0 Å². The summed E-state index contributed by atoms with van der Waals surface area (Å²) >= 11 is 5.99. The number of hydrogen-bond donors (Lipinski definition) is 0.